The maximum atomic E-state index is 13.1. The predicted molar refractivity (Wildman–Crippen MR) is 104 cm³/mol. The first-order chi connectivity index (χ1) is 13.0. The zero-order valence-corrected chi connectivity index (χ0v) is 16.3. The van der Waals surface area contributed by atoms with Crippen LogP contribution in [-0.2, 0) is 17.9 Å². The van der Waals surface area contributed by atoms with E-state index in [1.165, 1.54) is 0 Å². The number of carbonyl (C=O) groups is 1. The second-order valence-corrected chi connectivity index (χ2v) is 7.08. The number of amides is 1. The monoisotopic (exact) mass is 369 g/mol. The number of rotatable bonds is 5. The van der Waals surface area contributed by atoms with Crippen molar-refractivity contribution < 1.29 is 9.53 Å². The van der Waals surface area contributed by atoms with Gasteiger partial charge in [0, 0.05) is 37.7 Å². The van der Waals surface area contributed by atoms with Crippen LogP contribution in [0.15, 0.2) is 35.4 Å². The Morgan fingerprint density at radius 1 is 1.37 bits per heavy atom. The van der Waals surface area contributed by atoms with Crippen molar-refractivity contribution in [2.75, 3.05) is 13.1 Å². The van der Waals surface area contributed by atoms with Crippen LogP contribution in [0.3, 0.4) is 0 Å². The summed E-state index contributed by atoms with van der Waals surface area (Å²) in [4.78, 5) is 31.7. The lowest BCUT2D eigenvalue weighted by molar-refractivity contribution is -0.00690. The van der Waals surface area contributed by atoms with Gasteiger partial charge in [0.1, 0.15) is 5.56 Å². The van der Waals surface area contributed by atoms with Gasteiger partial charge in [-0.3, -0.25) is 14.6 Å². The third-order valence-electron chi connectivity index (χ3n) is 5.11. The summed E-state index contributed by atoms with van der Waals surface area (Å²) in [6.45, 7) is 7.86. The molecule has 0 radical (unpaired) electrons. The molecule has 2 aromatic heterocycles. The van der Waals surface area contributed by atoms with E-state index in [9.17, 15) is 9.59 Å². The van der Waals surface area contributed by atoms with Crippen LogP contribution in [0.2, 0.25) is 0 Å². The summed E-state index contributed by atoms with van der Waals surface area (Å²) in [6, 6.07) is 5.77. The molecule has 3 heterocycles. The number of hydrogen-bond donors (Lipinski definition) is 0. The highest BCUT2D eigenvalue weighted by Crippen LogP contribution is 2.18. The van der Waals surface area contributed by atoms with E-state index in [-0.39, 0.29) is 23.1 Å². The van der Waals surface area contributed by atoms with Gasteiger partial charge >= 0.3 is 0 Å². The lowest BCUT2D eigenvalue weighted by Crippen LogP contribution is -2.45. The largest absolute Gasteiger partial charge is 0.372 e. The first kappa shape index (κ1) is 19.3. The molecular weight excluding hydrogens is 342 g/mol. The van der Waals surface area contributed by atoms with Gasteiger partial charge in [-0.15, -0.1) is 0 Å². The summed E-state index contributed by atoms with van der Waals surface area (Å²) >= 11 is 0. The fraction of sp³-hybridized carbons (Fsp3) is 0.476. The van der Waals surface area contributed by atoms with Gasteiger partial charge in [-0.25, -0.2) is 0 Å². The van der Waals surface area contributed by atoms with E-state index in [2.05, 4.69) is 4.98 Å². The molecular formula is C21H27N3O3. The summed E-state index contributed by atoms with van der Waals surface area (Å²) in [7, 11) is 0. The predicted octanol–water partition coefficient (Wildman–Crippen LogP) is 2.70. The van der Waals surface area contributed by atoms with Crippen LogP contribution in [0.4, 0.5) is 0 Å². The highest BCUT2D eigenvalue weighted by molar-refractivity contribution is 5.95. The van der Waals surface area contributed by atoms with Crippen LogP contribution in [0.25, 0.3) is 0 Å². The van der Waals surface area contributed by atoms with Crippen LogP contribution >= 0.6 is 0 Å². The molecule has 1 saturated heterocycles. The number of aryl methyl sites for hydroxylation is 2. The maximum absolute atomic E-state index is 13.1. The first-order valence-electron chi connectivity index (χ1n) is 9.52. The molecule has 144 valence electrons. The Kier molecular flexibility index (Phi) is 6.06. The average molecular weight is 369 g/mol. The second kappa shape index (κ2) is 8.48. The van der Waals surface area contributed by atoms with E-state index in [4.69, 9.17) is 4.74 Å². The summed E-state index contributed by atoms with van der Waals surface area (Å²) in [5.41, 5.74) is 2.73. The van der Waals surface area contributed by atoms with Gasteiger partial charge in [-0.05, 0) is 56.9 Å². The molecule has 1 fully saturated rings. The Morgan fingerprint density at radius 3 is 2.89 bits per heavy atom. The van der Waals surface area contributed by atoms with Gasteiger partial charge in [-0.2, -0.15) is 0 Å². The smallest absolute Gasteiger partial charge is 0.263 e. The Hall–Kier alpha value is -2.47. The van der Waals surface area contributed by atoms with Gasteiger partial charge in [0.05, 0.1) is 12.7 Å². The van der Waals surface area contributed by atoms with E-state index in [1.807, 2.05) is 39.0 Å². The lowest BCUT2D eigenvalue weighted by atomic mass is 10.0. The number of hydrogen-bond acceptors (Lipinski definition) is 4. The second-order valence-electron chi connectivity index (χ2n) is 7.08. The molecule has 0 spiro atoms. The zero-order chi connectivity index (χ0) is 19.4. The van der Waals surface area contributed by atoms with Gasteiger partial charge in [0.2, 0.25) is 0 Å². The number of nitrogens with zero attached hydrogens (tertiary/aromatic N) is 3. The van der Waals surface area contributed by atoms with Crippen molar-refractivity contribution in [3.63, 3.8) is 0 Å². The van der Waals surface area contributed by atoms with E-state index in [0.29, 0.717) is 26.2 Å². The number of pyridine rings is 2. The van der Waals surface area contributed by atoms with E-state index in [1.54, 1.807) is 21.9 Å². The molecule has 27 heavy (non-hydrogen) atoms. The van der Waals surface area contributed by atoms with E-state index in [0.717, 1.165) is 29.7 Å². The Balaban J connectivity index is 1.73. The standard InChI is InChI=1S/C21H27N3O3/c1-4-24-16(3)11-15(2)19(21(24)26)20(25)23-10-6-8-18(13-23)27-14-17-7-5-9-22-12-17/h5,7,9,11-12,18H,4,6,8,10,13-14H2,1-3H3. The first-order valence-corrected chi connectivity index (χ1v) is 9.52. The van der Waals surface area contributed by atoms with Crippen molar-refractivity contribution in [1.82, 2.24) is 14.5 Å². The zero-order valence-electron chi connectivity index (χ0n) is 16.3. The number of aromatic nitrogens is 2. The van der Waals surface area contributed by atoms with Crippen molar-refractivity contribution in [1.29, 1.82) is 0 Å². The Morgan fingerprint density at radius 2 is 2.19 bits per heavy atom. The molecule has 1 amide bonds. The minimum absolute atomic E-state index is 0.0259. The molecule has 3 rings (SSSR count). The molecule has 1 aliphatic rings. The van der Waals surface area contributed by atoms with Crippen LogP contribution in [0.1, 0.15) is 46.9 Å². The third-order valence-corrected chi connectivity index (χ3v) is 5.11. The van der Waals surface area contributed by atoms with Crippen molar-refractivity contribution in [2.24, 2.45) is 0 Å². The fourth-order valence-electron chi connectivity index (χ4n) is 3.69. The number of likely N-dealkylation sites (tertiary alicyclic amines) is 1. The molecule has 1 unspecified atom stereocenters. The highest BCUT2D eigenvalue weighted by Gasteiger charge is 2.28. The summed E-state index contributed by atoms with van der Waals surface area (Å²) in [5.74, 6) is -0.186. The number of piperidine rings is 1. The van der Waals surface area contributed by atoms with Crippen molar-refractivity contribution in [2.45, 2.75) is 52.9 Å². The van der Waals surface area contributed by atoms with Crippen LogP contribution in [0.5, 0.6) is 0 Å². The number of ether oxygens (including phenoxy) is 1. The third kappa shape index (κ3) is 4.27. The van der Waals surface area contributed by atoms with E-state index >= 15 is 0 Å². The van der Waals surface area contributed by atoms with Crippen molar-refractivity contribution in [3.8, 4) is 0 Å². The SMILES string of the molecule is CCn1c(C)cc(C)c(C(=O)N2CCCC(OCc3cccnc3)C2)c1=O. The molecule has 0 aromatic carbocycles. The molecule has 1 aliphatic heterocycles. The van der Waals surface area contributed by atoms with Gasteiger partial charge in [0.15, 0.2) is 0 Å². The Labute approximate surface area is 159 Å². The maximum Gasteiger partial charge on any atom is 0.263 e. The summed E-state index contributed by atoms with van der Waals surface area (Å²) in [5, 5.41) is 0. The molecule has 2 aromatic rings. The number of carbonyl (C=O) groups excluding carboxylic acids is 1. The minimum atomic E-state index is -0.196. The van der Waals surface area contributed by atoms with Crippen LogP contribution in [0, 0.1) is 13.8 Å². The molecule has 0 N–H and O–H groups in total. The summed E-state index contributed by atoms with van der Waals surface area (Å²) < 4.78 is 7.65. The Bertz CT molecular complexity index is 861. The topological polar surface area (TPSA) is 64.4 Å². The van der Waals surface area contributed by atoms with Crippen LogP contribution in [-0.4, -0.2) is 39.6 Å². The fourth-order valence-corrected chi connectivity index (χ4v) is 3.69. The lowest BCUT2D eigenvalue weighted by Gasteiger charge is -2.33. The quantitative estimate of drug-likeness (QED) is 0.813. The summed E-state index contributed by atoms with van der Waals surface area (Å²) in [6.07, 6.45) is 5.28. The normalized spacial score (nSPS) is 17.1. The van der Waals surface area contributed by atoms with Crippen molar-refractivity contribution >= 4 is 5.91 Å². The molecule has 0 saturated carbocycles. The molecule has 6 nitrogen and oxygen atoms in total. The van der Waals surface area contributed by atoms with Crippen molar-refractivity contribution in [3.05, 3.63) is 63.3 Å². The molecule has 0 aliphatic carbocycles. The average Bonchev–Trinajstić information content (AvgIpc) is 2.67. The molecule has 1 atom stereocenters. The van der Waals surface area contributed by atoms with Crippen LogP contribution < -0.4 is 5.56 Å². The molecule has 6 heteroatoms. The molecule has 0 bridgehead atoms. The minimum Gasteiger partial charge on any atom is -0.372 e. The van der Waals surface area contributed by atoms with Gasteiger partial charge < -0.3 is 14.2 Å². The van der Waals surface area contributed by atoms with Gasteiger partial charge in [-0.1, -0.05) is 6.07 Å². The highest BCUT2D eigenvalue weighted by atomic mass is 16.5. The van der Waals surface area contributed by atoms with E-state index < -0.39 is 0 Å². The van der Waals surface area contributed by atoms with Gasteiger partial charge in [0.25, 0.3) is 11.5 Å².